The normalized spacial score (nSPS) is 10.1. The van der Waals surface area contributed by atoms with Crippen molar-refractivity contribution in [2.45, 2.75) is 0 Å². The average Bonchev–Trinajstić information content (AvgIpc) is 2.62. The Labute approximate surface area is 154 Å². The van der Waals surface area contributed by atoms with E-state index in [-0.39, 0.29) is 5.56 Å². The predicted octanol–water partition coefficient (Wildman–Crippen LogP) is 3.81. The quantitative estimate of drug-likeness (QED) is 0.767. The van der Waals surface area contributed by atoms with Crippen LogP contribution in [0.2, 0.25) is 10.0 Å². The Bertz CT molecular complexity index is 772. The molecule has 0 fully saturated rings. The van der Waals surface area contributed by atoms with Crippen LogP contribution in [-0.4, -0.2) is 32.7 Å². The number of carbonyl (C=O) groups is 2. The van der Waals surface area contributed by atoms with Crippen LogP contribution in [0.25, 0.3) is 0 Å². The van der Waals surface area contributed by atoms with Crippen molar-refractivity contribution in [2.24, 2.45) is 0 Å². The van der Waals surface area contributed by atoms with Gasteiger partial charge in [0.2, 0.25) is 0 Å². The lowest BCUT2D eigenvalue weighted by Crippen LogP contribution is -2.21. The summed E-state index contributed by atoms with van der Waals surface area (Å²) in [6.07, 6.45) is 0. The highest BCUT2D eigenvalue weighted by Crippen LogP contribution is 2.25. The molecule has 8 heteroatoms. The van der Waals surface area contributed by atoms with Crippen molar-refractivity contribution in [2.75, 3.05) is 26.1 Å². The van der Waals surface area contributed by atoms with E-state index >= 15 is 0 Å². The van der Waals surface area contributed by atoms with Crippen LogP contribution in [0, 0.1) is 0 Å². The number of hydrogen-bond donors (Lipinski definition) is 1. The Morgan fingerprint density at radius 1 is 0.960 bits per heavy atom. The third kappa shape index (κ3) is 5.27. The molecule has 0 unspecified atom stereocenters. The second kappa shape index (κ2) is 8.60. The highest BCUT2D eigenvalue weighted by Gasteiger charge is 2.13. The van der Waals surface area contributed by atoms with Gasteiger partial charge in [0.05, 0.1) is 29.8 Å². The van der Waals surface area contributed by atoms with E-state index < -0.39 is 18.5 Å². The molecule has 0 saturated carbocycles. The van der Waals surface area contributed by atoms with Gasteiger partial charge < -0.3 is 19.5 Å². The summed E-state index contributed by atoms with van der Waals surface area (Å²) in [6, 6.07) is 9.22. The van der Waals surface area contributed by atoms with Gasteiger partial charge in [0.25, 0.3) is 5.91 Å². The number of rotatable bonds is 6. The molecule has 25 heavy (non-hydrogen) atoms. The maximum atomic E-state index is 12.1. The Morgan fingerprint density at radius 2 is 1.60 bits per heavy atom. The van der Waals surface area contributed by atoms with E-state index in [0.717, 1.165) is 0 Å². The number of esters is 1. The molecule has 2 rings (SSSR count). The van der Waals surface area contributed by atoms with E-state index in [4.69, 9.17) is 37.4 Å². The minimum absolute atomic E-state index is 0.207. The SMILES string of the molecule is COc1cc(OC)cc(C(=O)OCC(=O)Nc2ccc(Cl)c(Cl)c2)c1. The number of ether oxygens (including phenoxy) is 3. The molecule has 6 nitrogen and oxygen atoms in total. The molecule has 2 aromatic carbocycles. The van der Waals surface area contributed by atoms with Gasteiger partial charge in [-0.3, -0.25) is 4.79 Å². The van der Waals surface area contributed by atoms with E-state index in [1.165, 1.54) is 32.4 Å². The fourth-order valence-electron chi connectivity index (χ4n) is 1.91. The predicted molar refractivity (Wildman–Crippen MR) is 94.9 cm³/mol. The van der Waals surface area contributed by atoms with Crippen LogP contribution in [0.5, 0.6) is 11.5 Å². The van der Waals surface area contributed by atoms with Crippen molar-refractivity contribution in [1.82, 2.24) is 0 Å². The molecule has 2 aromatic rings. The molecule has 0 radical (unpaired) electrons. The molecule has 0 spiro atoms. The summed E-state index contributed by atoms with van der Waals surface area (Å²) in [5.74, 6) is -0.318. The van der Waals surface area contributed by atoms with Gasteiger partial charge in [-0.25, -0.2) is 4.79 Å². The van der Waals surface area contributed by atoms with Crippen LogP contribution in [-0.2, 0) is 9.53 Å². The highest BCUT2D eigenvalue weighted by molar-refractivity contribution is 6.42. The monoisotopic (exact) mass is 383 g/mol. The summed E-state index contributed by atoms with van der Waals surface area (Å²) in [6.45, 7) is -0.460. The molecule has 0 atom stereocenters. The number of methoxy groups -OCH3 is 2. The van der Waals surface area contributed by atoms with Gasteiger partial charge in [0.15, 0.2) is 6.61 Å². The summed E-state index contributed by atoms with van der Waals surface area (Å²) in [5.41, 5.74) is 0.650. The lowest BCUT2D eigenvalue weighted by atomic mass is 10.2. The molecule has 0 saturated heterocycles. The summed E-state index contributed by atoms with van der Waals surface area (Å²) in [4.78, 5) is 24.0. The standard InChI is InChI=1S/C17H15Cl2NO5/c1-23-12-5-10(6-13(8-12)24-2)17(22)25-9-16(21)20-11-3-4-14(18)15(19)7-11/h3-8H,9H2,1-2H3,(H,20,21). The number of nitrogens with one attached hydrogen (secondary N) is 1. The lowest BCUT2D eigenvalue weighted by Gasteiger charge is -2.09. The van der Waals surface area contributed by atoms with Crippen molar-refractivity contribution < 1.29 is 23.8 Å². The van der Waals surface area contributed by atoms with E-state index in [0.29, 0.717) is 27.2 Å². The molecular weight excluding hydrogens is 369 g/mol. The fourth-order valence-corrected chi connectivity index (χ4v) is 2.21. The third-order valence-electron chi connectivity index (χ3n) is 3.12. The second-order valence-electron chi connectivity index (χ2n) is 4.85. The molecule has 0 aliphatic carbocycles. The van der Waals surface area contributed by atoms with Crippen LogP contribution in [0.4, 0.5) is 5.69 Å². The van der Waals surface area contributed by atoms with Crippen molar-refractivity contribution in [3.63, 3.8) is 0 Å². The number of amides is 1. The number of anilines is 1. The smallest absolute Gasteiger partial charge is 0.338 e. The maximum absolute atomic E-state index is 12.1. The van der Waals surface area contributed by atoms with Gasteiger partial charge in [0, 0.05) is 11.8 Å². The summed E-state index contributed by atoms with van der Waals surface area (Å²) < 4.78 is 15.2. The topological polar surface area (TPSA) is 73.9 Å². The van der Waals surface area contributed by atoms with Gasteiger partial charge >= 0.3 is 5.97 Å². The molecular formula is C17H15Cl2NO5. The van der Waals surface area contributed by atoms with Crippen LogP contribution in [0.1, 0.15) is 10.4 Å². The first-order valence-electron chi connectivity index (χ1n) is 7.08. The lowest BCUT2D eigenvalue weighted by molar-refractivity contribution is -0.119. The molecule has 0 heterocycles. The van der Waals surface area contributed by atoms with Crippen molar-refractivity contribution in [1.29, 1.82) is 0 Å². The zero-order valence-electron chi connectivity index (χ0n) is 13.5. The number of carbonyl (C=O) groups excluding carboxylic acids is 2. The van der Waals surface area contributed by atoms with Gasteiger partial charge in [-0.05, 0) is 30.3 Å². The molecule has 1 amide bonds. The average molecular weight is 384 g/mol. The van der Waals surface area contributed by atoms with Crippen molar-refractivity contribution in [3.05, 3.63) is 52.0 Å². The van der Waals surface area contributed by atoms with Gasteiger partial charge in [0.1, 0.15) is 11.5 Å². The zero-order chi connectivity index (χ0) is 18.4. The first-order valence-corrected chi connectivity index (χ1v) is 7.83. The Kier molecular flexibility index (Phi) is 6.50. The van der Waals surface area contributed by atoms with E-state index in [1.54, 1.807) is 18.2 Å². The third-order valence-corrected chi connectivity index (χ3v) is 3.86. The fraction of sp³-hybridized carbons (Fsp3) is 0.176. The minimum Gasteiger partial charge on any atom is -0.497 e. The number of benzene rings is 2. The first-order chi connectivity index (χ1) is 11.9. The molecule has 0 bridgehead atoms. The highest BCUT2D eigenvalue weighted by atomic mass is 35.5. The van der Waals surface area contributed by atoms with Crippen molar-refractivity contribution >= 4 is 40.8 Å². The van der Waals surface area contributed by atoms with E-state index in [1.807, 2.05) is 0 Å². The van der Waals surface area contributed by atoms with Gasteiger partial charge in [-0.1, -0.05) is 23.2 Å². The Balaban J connectivity index is 1.97. The van der Waals surface area contributed by atoms with Gasteiger partial charge in [-0.2, -0.15) is 0 Å². The van der Waals surface area contributed by atoms with Crippen LogP contribution in [0.15, 0.2) is 36.4 Å². The molecule has 0 aromatic heterocycles. The zero-order valence-corrected chi connectivity index (χ0v) is 15.0. The van der Waals surface area contributed by atoms with Gasteiger partial charge in [-0.15, -0.1) is 0 Å². The van der Waals surface area contributed by atoms with Crippen molar-refractivity contribution in [3.8, 4) is 11.5 Å². The van der Waals surface area contributed by atoms with Crippen LogP contribution in [0.3, 0.4) is 0 Å². The summed E-state index contributed by atoms with van der Waals surface area (Å²) in [5, 5.41) is 3.23. The molecule has 132 valence electrons. The molecule has 0 aliphatic heterocycles. The summed E-state index contributed by atoms with van der Waals surface area (Å²) >= 11 is 11.7. The van der Waals surface area contributed by atoms with E-state index in [9.17, 15) is 9.59 Å². The maximum Gasteiger partial charge on any atom is 0.338 e. The van der Waals surface area contributed by atoms with Crippen LogP contribution >= 0.6 is 23.2 Å². The van der Waals surface area contributed by atoms with Crippen LogP contribution < -0.4 is 14.8 Å². The second-order valence-corrected chi connectivity index (χ2v) is 5.67. The molecule has 0 aliphatic rings. The number of hydrogen-bond acceptors (Lipinski definition) is 5. The van der Waals surface area contributed by atoms with E-state index in [2.05, 4.69) is 5.32 Å². The molecule has 1 N–H and O–H groups in total. The Morgan fingerprint density at radius 3 is 2.16 bits per heavy atom. The number of halogens is 2. The first kappa shape index (κ1) is 18.9. The Hall–Kier alpha value is -2.44. The summed E-state index contributed by atoms with van der Waals surface area (Å²) in [7, 11) is 2.93. The largest absolute Gasteiger partial charge is 0.497 e. The minimum atomic E-state index is -0.679.